The summed E-state index contributed by atoms with van der Waals surface area (Å²) in [6.45, 7) is 3.89. The molecule has 6 atom stereocenters. The van der Waals surface area contributed by atoms with Crippen molar-refractivity contribution in [3.05, 3.63) is 72.9 Å². The van der Waals surface area contributed by atoms with Crippen LogP contribution in [-0.2, 0) is 38.3 Å². The minimum absolute atomic E-state index is 0.0277. The molecule has 0 aliphatic carbocycles. The summed E-state index contributed by atoms with van der Waals surface area (Å²) in [6, 6.07) is 0. The summed E-state index contributed by atoms with van der Waals surface area (Å²) in [5.74, 6) is -0.402. The van der Waals surface area contributed by atoms with E-state index in [0.717, 1.165) is 77.0 Å². The zero-order valence-corrected chi connectivity index (χ0v) is 47.5. The Morgan fingerprint density at radius 1 is 0.527 bits per heavy atom. The average Bonchev–Trinajstić information content (AvgIpc) is 3.38. The van der Waals surface area contributed by atoms with Crippen molar-refractivity contribution in [1.82, 2.24) is 0 Å². The zero-order chi connectivity index (χ0) is 53.8. The van der Waals surface area contributed by atoms with Crippen LogP contribution in [0.4, 0.5) is 0 Å². The van der Waals surface area contributed by atoms with E-state index < -0.39 is 59.8 Å². The molecular weight excluding hydrogens is 957 g/mol. The van der Waals surface area contributed by atoms with Gasteiger partial charge in [0.05, 0.1) is 19.8 Å². The lowest BCUT2D eigenvalue weighted by atomic mass is 9.99. The number of allylic oxidation sites excluding steroid dienone is 12. The molecule has 1 aliphatic rings. The van der Waals surface area contributed by atoms with Gasteiger partial charge in [0.25, 0.3) is 0 Å². The smallest absolute Gasteiger partial charge is 0.397 e. The van der Waals surface area contributed by atoms with E-state index in [1.807, 2.05) is 0 Å². The summed E-state index contributed by atoms with van der Waals surface area (Å²) in [4.78, 5) is 13.0. The van der Waals surface area contributed by atoms with E-state index in [1.165, 1.54) is 141 Å². The molecule has 1 heterocycles. The van der Waals surface area contributed by atoms with Crippen molar-refractivity contribution in [2.45, 2.75) is 282 Å². The maximum atomic E-state index is 13.0. The van der Waals surface area contributed by atoms with Gasteiger partial charge in [-0.05, 0) is 83.5 Å². The first-order valence-corrected chi connectivity index (χ1v) is 31.1. The highest BCUT2D eigenvalue weighted by Crippen LogP contribution is 2.26. The number of carbonyl (C=O) groups excluding carboxylic acids is 1. The van der Waals surface area contributed by atoms with Crippen molar-refractivity contribution >= 4 is 16.4 Å². The molecule has 0 saturated carbocycles. The SMILES string of the molecule is CC/C=C\C/C=C\C/C=C\C/C=C\C/C=C\CCCCCCCCCCOCC(COC1OC(CO)C(O)C(OS(=O)(=O)O)C1O)OC(=O)CCCCCCCCCCCCC/C=C\CCCCCCCCCC. The number of unbranched alkanes of at least 4 members (excludes halogenated alkanes) is 27. The molecule has 1 saturated heterocycles. The lowest BCUT2D eigenvalue weighted by molar-refractivity contribution is -0.301. The van der Waals surface area contributed by atoms with Crippen LogP contribution in [0.25, 0.3) is 0 Å². The van der Waals surface area contributed by atoms with E-state index >= 15 is 0 Å². The predicted octanol–water partition coefficient (Wildman–Crippen LogP) is 15.0. The monoisotopic (exact) mass is 1060 g/mol. The van der Waals surface area contributed by atoms with Crippen molar-refractivity contribution in [2.75, 3.05) is 26.4 Å². The van der Waals surface area contributed by atoms with Gasteiger partial charge in [-0.3, -0.25) is 9.35 Å². The summed E-state index contributed by atoms with van der Waals surface area (Å²) < 4.78 is 59.5. The Bertz CT molecular complexity index is 1560. The molecule has 0 radical (unpaired) electrons. The van der Waals surface area contributed by atoms with E-state index in [1.54, 1.807) is 0 Å². The van der Waals surface area contributed by atoms with Crippen molar-refractivity contribution in [3.63, 3.8) is 0 Å². The molecule has 4 N–H and O–H groups in total. The van der Waals surface area contributed by atoms with E-state index in [0.29, 0.717) is 13.0 Å². The van der Waals surface area contributed by atoms with Crippen molar-refractivity contribution in [2.24, 2.45) is 0 Å². The molecular formula is C61H108O12S. The topological polar surface area (TPSA) is 178 Å². The molecule has 0 aromatic carbocycles. The Balaban J connectivity index is 2.30. The van der Waals surface area contributed by atoms with Crippen LogP contribution in [0.15, 0.2) is 72.9 Å². The van der Waals surface area contributed by atoms with Crippen LogP contribution in [0.3, 0.4) is 0 Å². The lowest BCUT2D eigenvalue weighted by Gasteiger charge is -2.41. The van der Waals surface area contributed by atoms with E-state index in [9.17, 15) is 33.1 Å². The average molecular weight is 1070 g/mol. The van der Waals surface area contributed by atoms with Crippen LogP contribution in [0, 0.1) is 0 Å². The quantitative estimate of drug-likeness (QED) is 0.0196. The minimum Gasteiger partial charge on any atom is -0.457 e. The number of aliphatic hydroxyl groups excluding tert-OH is 3. The van der Waals surface area contributed by atoms with Gasteiger partial charge >= 0.3 is 16.4 Å². The number of hydrogen-bond donors (Lipinski definition) is 4. The molecule has 0 aromatic rings. The zero-order valence-electron chi connectivity index (χ0n) is 46.6. The van der Waals surface area contributed by atoms with Crippen LogP contribution in [-0.4, -0.2) is 97.5 Å². The van der Waals surface area contributed by atoms with Crippen molar-refractivity contribution in [1.29, 1.82) is 0 Å². The van der Waals surface area contributed by atoms with Crippen LogP contribution in [0.5, 0.6) is 0 Å². The first kappa shape index (κ1) is 69.6. The number of esters is 1. The van der Waals surface area contributed by atoms with E-state index in [4.69, 9.17) is 18.9 Å². The Kier molecular flexibility index (Phi) is 48.2. The van der Waals surface area contributed by atoms with Crippen LogP contribution in [0.1, 0.15) is 245 Å². The second-order valence-corrected chi connectivity index (χ2v) is 21.3. The molecule has 1 rings (SSSR count). The summed E-state index contributed by atoms with van der Waals surface area (Å²) in [5.41, 5.74) is 0. The molecule has 1 aliphatic heterocycles. The number of hydrogen-bond acceptors (Lipinski definition) is 11. The lowest BCUT2D eigenvalue weighted by Crippen LogP contribution is -2.60. The van der Waals surface area contributed by atoms with Gasteiger partial charge in [0, 0.05) is 13.0 Å². The summed E-state index contributed by atoms with van der Waals surface area (Å²) >= 11 is 0. The van der Waals surface area contributed by atoms with Gasteiger partial charge in [0.2, 0.25) is 0 Å². The number of carbonyl (C=O) groups is 1. The first-order valence-electron chi connectivity index (χ1n) is 29.7. The Morgan fingerprint density at radius 3 is 1.38 bits per heavy atom. The van der Waals surface area contributed by atoms with Crippen molar-refractivity contribution in [3.8, 4) is 0 Å². The standard InChI is InChI=1S/C61H108O12S/c1-3-5-7-9-11-13-15-17-19-21-23-25-27-29-31-33-35-37-39-41-43-45-47-49-51-69-53-55(54-70-61-59(65)60(73-74(66,67)68)58(64)56(52-62)72-61)71-57(63)50-48-46-44-42-40-38-36-34-32-30-28-26-24-22-20-18-16-14-12-10-8-6-4-2/h5,7,11,13,17,19,22-25,29,31,55-56,58-62,64-65H,3-4,6,8-10,12,14-16,18,20-21,26-28,30,32-54H2,1-2H3,(H,66,67,68)/b7-5-,13-11-,19-17-,24-22-,25-23-,31-29-. The number of rotatable bonds is 52. The maximum Gasteiger partial charge on any atom is 0.397 e. The number of ether oxygens (including phenoxy) is 4. The van der Waals surface area contributed by atoms with E-state index in [2.05, 4.69) is 90.9 Å². The maximum absolute atomic E-state index is 13.0. The summed E-state index contributed by atoms with van der Waals surface area (Å²) in [5, 5.41) is 30.9. The molecule has 1 fully saturated rings. The molecule has 13 heteroatoms. The predicted molar refractivity (Wildman–Crippen MR) is 303 cm³/mol. The molecule has 430 valence electrons. The Hall–Kier alpha value is -2.46. The molecule has 0 spiro atoms. The van der Waals surface area contributed by atoms with Gasteiger partial charge in [0.1, 0.15) is 30.5 Å². The van der Waals surface area contributed by atoms with Gasteiger partial charge in [-0.25, -0.2) is 4.18 Å². The first-order chi connectivity index (χ1) is 36.1. The van der Waals surface area contributed by atoms with Gasteiger partial charge in [-0.1, -0.05) is 228 Å². The molecule has 0 amide bonds. The van der Waals surface area contributed by atoms with Crippen molar-refractivity contribution < 1.29 is 56.2 Å². The van der Waals surface area contributed by atoms with Gasteiger partial charge in [0.15, 0.2) is 6.29 Å². The molecule has 6 unspecified atom stereocenters. The molecule has 0 aromatic heterocycles. The second kappa shape index (κ2) is 51.3. The summed E-state index contributed by atoms with van der Waals surface area (Å²) in [6.07, 6.45) is 59.4. The van der Waals surface area contributed by atoms with Gasteiger partial charge in [-0.15, -0.1) is 0 Å². The largest absolute Gasteiger partial charge is 0.457 e. The van der Waals surface area contributed by atoms with Crippen LogP contribution < -0.4 is 0 Å². The molecule has 74 heavy (non-hydrogen) atoms. The normalized spacial score (nSPS) is 19.2. The van der Waals surface area contributed by atoms with Gasteiger partial charge in [-0.2, -0.15) is 8.42 Å². The minimum atomic E-state index is -5.07. The second-order valence-electron chi connectivity index (χ2n) is 20.2. The fourth-order valence-corrected chi connectivity index (χ4v) is 9.38. The molecule has 12 nitrogen and oxygen atoms in total. The number of aliphatic hydroxyl groups is 3. The summed E-state index contributed by atoms with van der Waals surface area (Å²) in [7, 11) is -5.07. The fourth-order valence-electron chi connectivity index (χ4n) is 8.87. The van der Waals surface area contributed by atoms with Gasteiger partial charge < -0.3 is 34.3 Å². The highest BCUT2D eigenvalue weighted by molar-refractivity contribution is 7.80. The fraction of sp³-hybridized carbons (Fsp3) is 0.787. The highest BCUT2D eigenvalue weighted by Gasteiger charge is 2.48. The van der Waals surface area contributed by atoms with Crippen LogP contribution in [0.2, 0.25) is 0 Å². The van der Waals surface area contributed by atoms with Crippen LogP contribution >= 0.6 is 0 Å². The molecule has 0 bridgehead atoms. The Labute approximate surface area is 451 Å². The third-order valence-electron chi connectivity index (χ3n) is 13.3. The third kappa shape index (κ3) is 43.6. The third-order valence-corrected chi connectivity index (χ3v) is 13.8. The van der Waals surface area contributed by atoms with E-state index in [-0.39, 0.29) is 19.6 Å². The Morgan fingerprint density at radius 2 is 0.932 bits per heavy atom. The highest BCUT2D eigenvalue weighted by atomic mass is 32.3.